The normalized spacial score (nSPS) is 26.4. The minimum absolute atomic E-state index is 0.0119. The third-order valence-corrected chi connectivity index (χ3v) is 9.42. The van der Waals surface area contributed by atoms with Crippen molar-refractivity contribution in [2.75, 3.05) is 18.8 Å². The van der Waals surface area contributed by atoms with E-state index in [1.165, 1.54) is 0 Å². The number of hydrogen-bond acceptors (Lipinski definition) is 1. The zero-order valence-corrected chi connectivity index (χ0v) is 21.2. The molecule has 198 valence electrons. The van der Waals surface area contributed by atoms with Gasteiger partial charge in [-0.25, -0.2) is 9.15 Å². The molecule has 9 heteroatoms. The summed E-state index contributed by atoms with van der Waals surface area (Å²) in [5, 5.41) is 0. The van der Waals surface area contributed by atoms with Gasteiger partial charge in [-0.3, -0.25) is 0 Å². The number of hydrogen-bond donors (Lipinski definition) is 0. The molecule has 0 amide bonds. The van der Waals surface area contributed by atoms with Crippen molar-refractivity contribution in [3.63, 3.8) is 0 Å². The van der Waals surface area contributed by atoms with E-state index in [1.807, 2.05) is 11.8 Å². The van der Waals surface area contributed by atoms with Crippen LogP contribution < -0.4 is 0 Å². The van der Waals surface area contributed by atoms with Crippen molar-refractivity contribution in [2.45, 2.75) is 62.3 Å². The van der Waals surface area contributed by atoms with Crippen molar-refractivity contribution in [3.05, 3.63) is 70.8 Å². The second-order valence-corrected chi connectivity index (χ2v) is 12.1. The first-order valence-corrected chi connectivity index (χ1v) is 13.6. The Bertz CT molecular complexity index is 1090. The molecule has 1 fully saturated rings. The highest BCUT2D eigenvalue weighted by Crippen LogP contribution is 2.53. The van der Waals surface area contributed by atoms with Crippen molar-refractivity contribution in [3.8, 4) is 0 Å². The van der Waals surface area contributed by atoms with Gasteiger partial charge in [-0.05, 0) is 43.5 Å². The van der Waals surface area contributed by atoms with Crippen LogP contribution in [0.1, 0.15) is 54.4 Å². The summed E-state index contributed by atoms with van der Waals surface area (Å²) in [5.74, 6) is 1.00. The largest absolute Gasteiger partial charge is 0.416 e. The number of rotatable bonds is 4. The molecule has 5 rings (SSSR count). The van der Waals surface area contributed by atoms with Crippen molar-refractivity contribution in [1.29, 1.82) is 0 Å². The van der Waals surface area contributed by atoms with E-state index in [0.29, 0.717) is 13.1 Å². The standard InChI is InChI=1S/C28H30F6N2S/c29-27(30,31)23-7-3-21(4-8-23)15-35-13-1-11-25(18-35)17-26(37-20-25)12-2-14-36(19-26)16-22-5-9-24(10-6-22)28(32,33)34/h3-10,18-19H,1-2,11-17,20H2/q+2. The Hall–Kier alpha value is -2.29. The first-order valence-electron chi connectivity index (χ1n) is 12.6. The molecule has 3 heterocycles. The lowest BCUT2D eigenvalue weighted by atomic mass is 9.75. The van der Waals surface area contributed by atoms with E-state index in [9.17, 15) is 26.3 Å². The molecule has 0 N–H and O–H groups in total. The molecule has 37 heavy (non-hydrogen) atoms. The van der Waals surface area contributed by atoms with Crippen LogP contribution in [0.25, 0.3) is 0 Å². The molecule has 2 unspecified atom stereocenters. The fraction of sp³-hybridized carbons (Fsp3) is 0.500. The molecular weight excluding hydrogens is 510 g/mol. The monoisotopic (exact) mass is 540 g/mol. The topological polar surface area (TPSA) is 6.02 Å². The molecule has 0 bridgehead atoms. The second kappa shape index (κ2) is 9.79. The zero-order chi connectivity index (χ0) is 26.3. The molecule has 0 saturated carbocycles. The Morgan fingerprint density at radius 2 is 1.16 bits per heavy atom. The highest BCUT2D eigenvalue weighted by molar-refractivity contribution is 8.01. The van der Waals surface area contributed by atoms with Gasteiger partial charge in [-0.1, -0.05) is 24.3 Å². The van der Waals surface area contributed by atoms with Crippen LogP contribution in [0.4, 0.5) is 26.3 Å². The third kappa shape index (κ3) is 6.07. The molecular formula is C28H30F6N2S+2. The summed E-state index contributed by atoms with van der Waals surface area (Å²) in [6, 6.07) is 10.9. The average molecular weight is 541 g/mol. The van der Waals surface area contributed by atoms with E-state index >= 15 is 0 Å². The molecule has 1 saturated heterocycles. The van der Waals surface area contributed by atoms with E-state index in [2.05, 4.69) is 21.6 Å². The summed E-state index contributed by atoms with van der Waals surface area (Å²) >= 11 is 1.98. The Labute approximate surface area is 217 Å². The molecule has 3 aliphatic rings. The number of nitrogens with zero attached hydrogens (tertiary/aromatic N) is 2. The maximum Gasteiger partial charge on any atom is 0.416 e. The van der Waals surface area contributed by atoms with Gasteiger partial charge in [0.2, 0.25) is 0 Å². The van der Waals surface area contributed by atoms with E-state index in [4.69, 9.17) is 0 Å². The summed E-state index contributed by atoms with van der Waals surface area (Å²) in [7, 11) is 0. The van der Waals surface area contributed by atoms with Gasteiger partial charge in [0.1, 0.15) is 19.3 Å². The van der Waals surface area contributed by atoms with Crippen LogP contribution in [-0.4, -0.2) is 45.2 Å². The fourth-order valence-electron chi connectivity index (χ4n) is 5.98. The van der Waals surface area contributed by atoms with Gasteiger partial charge >= 0.3 is 12.4 Å². The lowest BCUT2D eigenvalue weighted by molar-refractivity contribution is -0.548. The quantitative estimate of drug-likeness (QED) is 0.298. The third-order valence-electron chi connectivity index (χ3n) is 7.67. The smallest absolute Gasteiger partial charge is 0.235 e. The van der Waals surface area contributed by atoms with E-state index in [-0.39, 0.29) is 10.2 Å². The number of benzene rings is 2. The van der Waals surface area contributed by atoms with Crippen molar-refractivity contribution in [1.82, 2.24) is 0 Å². The van der Waals surface area contributed by atoms with Gasteiger partial charge in [0.15, 0.2) is 19.3 Å². The number of halogens is 6. The van der Waals surface area contributed by atoms with Crippen LogP contribution >= 0.6 is 11.8 Å². The van der Waals surface area contributed by atoms with Crippen molar-refractivity contribution in [2.24, 2.45) is 5.41 Å². The van der Waals surface area contributed by atoms with Crippen LogP contribution in [0.3, 0.4) is 0 Å². The maximum absolute atomic E-state index is 12.9. The highest BCUT2D eigenvalue weighted by atomic mass is 32.2. The molecule has 2 aromatic rings. The average Bonchev–Trinajstić information content (AvgIpc) is 3.15. The van der Waals surface area contributed by atoms with E-state index < -0.39 is 23.5 Å². The van der Waals surface area contributed by atoms with Gasteiger partial charge in [0, 0.05) is 29.7 Å². The summed E-state index contributed by atoms with van der Waals surface area (Å²) in [4.78, 5) is 0. The first-order chi connectivity index (χ1) is 17.4. The molecule has 0 radical (unpaired) electrons. The van der Waals surface area contributed by atoms with Gasteiger partial charge < -0.3 is 0 Å². The maximum atomic E-state index is 12.9. The minimum Gasteiger partial charge on any atom is -0.235 e. The van der Waals surface area contributed by atoms with Crippen LogP contribution in [0.15, 0.2) is 48.5 Å². The Morgan fingerprint density at radius 1 is 0.676 bits per heavy atom. The predicted octanol–water partition coefficient (Wildman–Crippen LogP) is 7.04. The van der Waals surface area contributed by atoms with Crippen molar-refractivity contribution >= 4 is 24.2 Å². The van der Waals surface area contributed by atoms with Gasteiger partial charge in [0.25, 0.3) is 0 Å². The fourth-order valence-corrected chi connectivity index (χ4v) is 7.78. The minimum atomic E-state index is -4.33. The molecule has 2 atom stereocenters. The van der Waals surface area contributed by atoms with Crippen LogP contribution in [-0.2, 0) is 25.4 Å². The number of thioether (sulfide) groups is 1. The Kier molecular flexibility index (Phi) is 6.96. The summed E-state index contributed by atoms with van der Waals surface area (Å²) in [5.41, 5.74) is 0.540. The zero-order valence-electron chi connectivity index (χ0n) is 20.4. The van der Waals surface area contributed by atoms with Crippen LogP contribution in [0.2, 0.25) is 0 Å². The molecule has 3 aliphatic heterocycles. The van der Waals surface area contributed by atoms with E-state index in [1.54, 1.807) is 24.3 Å². The van der Waals surface area contributed by atoms with E-state index in [0.717, 1.165) is 86.3 Å². The molecule has 0 aromatic heterocycles. The Morgan fingerprint density at radius 3 is 1.68 bits per heavy atom. The van der Waals surface area contributed by atoms with Crippen LogP contribution in [0.5, 0.6) is 0 Å². The predicted molar refractivity (Wildman–Crippen MR) is 133 cm³/mol. The summed E-state index contributed by atoms with van der Waals surface area (Å²) < 4.78 is 81.9. The van der Waals surface area contributed by atoms with Crippen LogP contribution in [0, 0.1) is 5.41 Å². The number of alkyl halides is 6. The van der Waals surface area contributed by atoms with Gasteiger partial charge in [-0.15, -0.1) is 11.8 Å². The molecule has 2 nitrogen and oxygen atoms in total. The summed E-state index contributed by atoms with van der Waals surface area (Å²) in [6.45, 7) is 2.98. The van der Waals surface area contributed by atoms with Gasteiger partial charge in [-0.2, -0.15) is 26.3 Å². The summed E-state index contributed by atoms with van der Waals surface area (Å²) in [6.07, 6.45) is 1.26. The molecule has 2 aromatic carbocycles. The highest BCUT2D eigenvalue weighted by Gasteiger charge is 2.53. The Balaban J connectivity index is 1.28. The molecule has 2 spiro atoms. The second-order valence-electron chi connectivity index (χ2n) is 10.7. The lowest BCUT2D eigenvalue weighted by Crippen LogP contribution is -2.40. The SMILES string of the molecule is FC(F)(F)c1ccc(C[N+]2=CC3(CCC2)CSC2(C=[N+](Cc4ccc(C(F)(F)F)cc4)CCC2)C3)cc1. The first kappa shape index (κ1) is 26.3. The molecule has 0 aliphatic carbocycles. The van der Waals surface area contributed by atoms with Gasteiger partial charge in [0.05, 0.1) is 21.3 Å². The lowest BCUT2D eigenvalue weighted by Gasteiger charge is -2.30. The van der Waals surface area contributed by atoms with Crippen molar-refractivity contribution < 1.29 is 35.5 Å².